The van der Waals surface area contributed by atoms with E-state index in [9.17, 15) is 0 Å². The third-order valence-electron chi connectivity index (χ3n) is 0. The Labute approximate surface area is 78.7 Å². The van der Waals surface area contributed by atoms with Gasteiger partial charge >= 0.3 is 46.8 Å². The van der Waals surface area contributed by atoms with Crippen LogP contribution in [0.25, 0.3) is 0 Å². The summed E-state index contributed by atoms with van der Waals surface area (Å²) in [6.07, 6.45) is 0. The molecular formula is H12BaO7. The molecule has 0 aromatic carbocycles. The van der Waals surface area contributed by atoms with Gasteiger partial charge in [0.05, 0.1) is 0 Å². The summed E-state index contributed by atoms with van der Waals surface area (Å²) in [5.41, 5.74) is 0. The van der Waals surface area contributed by atoms with E-state index >= 15 is 0 Å². The van der Waals surface area contributed by atoms with E-state index in [1.165, 1.54) is 0 Å². The molecular weight excluding hydrogens is 249 g/mol. The van der Waals surface area contributed by atoms with Gasteiger partial charge in [-0.25, -0.2) is 0 Å². The maximum atomic E-state index is 8.44. The average molecular weight is 261 g/mol. The van der Waals surface area contributed by atoms with Crippen molar-refractivity contribution in [2.75, 3.05) is 0 Å². The van der Waals surface area contributed by atoms with Crippen LogP contribution in [0.4, 0.5) is 0 Å². The van der Waals surface area contributed by atoms with Crippen molar-refractivity contribution in [1.29, 1.82) is 0 Å². The fourth-order valence-corrected chi connectivity index (χ4v) is 0. The molecule has 0 saturated carbocycles. The summed E-state index contributed by atoms with van der Waals surface area (Å²) in [4.78, 5) is 0. The number of hydrogen-bond acceptors (Lipinski definition) is 1. The van der Waals surface area contributed by atoms with E-state index in [4.69, 9.17) is 0.0399 Å². The molecule has 0 aliphatic heterocycles. The summed E-state index contributed by atoms with van der Waals surface area (Å²) < 4.78 is 8.44. The van der Waals surface area contributed by atoms with E-state index in [2.05, 4.69) is 0 Å². The van der Waals surface area contributed by atoms with E-state index in [-0.39, 0.29) is 79.6 Å². The number of hydrogen-bond donors (Lipinski definition) is 0. The van der Waals surface area contributed by atoms with Crippen molar-refractivity contribution in [1.82, 2.24) is 0 Å². The Morgan fingerprint density at radius 2 is 0.500 bits per heavy atom. The van der Waals surface area contributed by atoms with Gasteiger partial charge in [0.25, 0.3) is 0 Å². The predicted molar refractivity (Wildman–Crippen MR) is 28.1 cm³/mol. The van der Waals surface area contributed by atoms with Crippen molar-refractivity contribution < 1.29 is 32.9 Å². The first-order valence-electron chi connectivity index (χ1n) is 0.289. The second-order valence-electron chi connectivity index (χ2n) is 0. The molecule has 0 radical (unpaired) electrons. The van der Waals surface area contributed by atoms with E-state index in [0.29, 0.717) is 0 Å². The van der Waals surface area contributed by atoms with Crippen molar-refractivity contribution in [3.8, 4) is 0 Å². The van der Waals surface area contributed by atoms with Crippen molar-refractivity contribution >= 4 is 46.7 Å². The van der Waals surface area contributed by atoms with Crippen LogP contribution < -0.4 is 0 Å². The fraction of sp³-hybridized carbons (Fsp3) is 0. The third-order valence-corrected chi connectivity index (χ3v) is 0. The van der Waals surface area contributed by atoms with Crippen LogP contribution >= 0.6 is 0 Å². The van der Waals surface area contributed by atoms with Crippen LogP contribution in [0.1, 0.15) is 0 Å². The quantitative estimate of drug-likeness (QED) is 0.384. The topological polar surface area (TPSA) is 206 Å². The van der Waals surface area contributed by atoms with E-state index in [1.807, 2.05) is 0 Å². The van der Waals surface area contributed by atoms with Gasteiger partial charge in [-0.2, -0.15) is 0 Å². The molecule has 0 unspecified atom stereocenters. The van der Waals surface area contributed by atoms with Gasteiger partial charge in [0, 0.05) is 0 Å². The van der Waals surface area contributed by atoms with Gasteiger partial charge in [-0.3, -0.25) is 0 Å². The Morgan fingerprint density at radius 1 is 0.500 bits per heavy atom. The first kappa shape index (κ1) is 133. The van der Waals surface area contributed by atoms with Gasteiger partial charge in [0.15, 0.2) is 0 Å². The zero-order chi connectivity index (χ0) is 2.00. The molecule has 8 heteroatoms. The normalized spacial score (nSPS) is 0.750. The average Bonchev–Trinajstić information content (AvgIpc) is 1.00. The predicted octanol–water partition coefficient (Wildman–Crippen LogP) is -5.45. The van der Waals surface area contributed by atoms with Crippen LogP contribution in [-0.2, 0) is 0.0399 Å². The second kappa shape index (κ2) is 323. The Balaban J connectivity index is -0.000000000333. The van der Waals surface area contributed by atoms with E-state index in [1.54, 1.807) is 0 Å². The third kappa shape index (κ3) is 209. The van der Waals surface area contributed by atoms with Gasteiger partial charge in [0.1, 0.15) is 0 Å². The first-order chi connectivity index (χ1) is 1.00. The Morgan fingerprint density at radius 3 is 0.500 bits per heavy atom. The zero-order valence-electron chi connectivity index (χ0n) is 4.12. The molecule has 0 aliphatic rings. The molecule has 0 atom stereocenters. The maximum absolute atomic E-state index is 8.44. The monoisotopic (exact) mass is 262 g/mol. The van der Waals surface area contributed by atoms with Gasteiger partial charge in [-0.05, 0) is 0 Å². The molecule has 56 valence electrons. The minimum atomic E-state index is -0.222. The molecule has 0 saturated heterocycles. The van der Waals surface area contributed by atoms with Crippen molar-refractivity contribution in [3.63, 3.8) is 0 Å². The molecule has 0 amide bonds. The molecule has 0 aliphatic carbocycles. The summed E-state index contributed by atoms with van der Waals surface area (Å²) in [6.45, 7) is 0. The zero-order valence-corrected chi connectivity index (χ0v) is 8.56. The second-order valence-corrected chi connectivity index (χ2v) is 0. The van der Waals surface area contributed by atoms with Crippen molar-refractivity contribution in [2.45, 2.75) is 0 Å². The molecule has 7 nitrogen and oxygen atoms in total. The SMILES string of the molecule is O.O.O.O.O.O.[O]=[Ba]. The van der Waals surface area contributed by atoms with E-state index < -0.39 is 0 Å². The van der Waals surface area contributed by atoms with Gasteiger partial charge in [0.2, 0.25) is 0 Å². The molecule has 0 heterocycles. The van der Waals surface area contributed by atoms with Gasteiger partial charge in [-0.1, -0.05) is 0 Å². The first-order valence-corrected chi connectivity index (χ1v) is 2.10. The Bertz CT molecular complexity index is 4.35. The van der Waals surface area contributed by atoms with E-state index in [0.717, 1.165) is 0 Å². The molecule has 0 aromatic heterocycles. The number of rotatable bonds is 0. The molecule has 0 spiro atoms. The molecule has 0 fully saturated rings. The van der Waals surface area contributed by atoms with Crippen LogP contribution in [0.5, 0.6) is 0 Å². The van der Waals surface area contributed by atoms with Crippen molar-refractivity contribution in [2.24, 2.45) is 0 Å². The Kier molecular flexibility index (Phi) is 5370. The fourth-order valence-electron chi connectivity index (χ4n) is 0. The molecule has 8 heavy (non-hydrogen) atoms. The summed E-state index contributed by atoms with van der Waals surface area (Å²) in [6, 6.07) is 0. The summed E-state index contributed by atoms with van der Waals surface area (Å²) >= 11 is -0.222. The van der Waals surface area contributed by atoms with Gasteiger partial charge < -0.3 is 32.9 Å². The van der Waals surface area contributed by atoms with Crippen LogP contribution in [-0.4, -0.2) is 79.6 Å². The standard InChI is InChI=1S/Ba.6H2O.O/h;6*1H2;. The minimum absolute atomic E-state index is 0. The molecule has 0 rings (SSSR count). The van der Waals surface area contributed by atoms with Gasteiger partial charge in [-0.15, -0.1) is 0 Å². The van der Waals surface area contributed by atoms with Crippen LogP contribution in [0.15, 0.2) is 0 Å². The molecule has 0 aromatic rings. The summed E-state index contributed by atoms with van der Waals surface area (Å²) in [5, 5.41) is 0. The molecule has 0 bridgehead atoms. The van der Waals surface area contributed by atoms with Crippen LogP contribution in [0.2, 0.25) is 0 Å². The molecule has 12 N–H and O–H groups in total. The summed E-state index contributed by atoms with van der Waals surface area (Å²) in [5.74, 6) is 0. The Hall–Kier alpha value is 1.13. The van der Waals surface area contributed by atoms with Crippen LogP contribution in [0, 0.1) is 0 Å². The van der Waals surface area contributed by atoms with Crippen LogP contribution in [0.3, 0.4) is 0 Å². The van der Waals surface area contributed by atoms with Crippen molar-refractivity contribution in [3.05, 3.63) is 0 Å². The summed E-state index contributed by atoms with van der Waals surface area (Å²) in [7, 11) is 0.